The van der Waals surface area contributed by atoms with Crippen molar-refractivity contribution < 1.29 is 4.74 Å². The van der Waals surface area contributed by atoms with Crippen LogP contribution < -0.4 is 0 Å². The Morgan fingerprint density at radius 1 is 1.05 bits per heavy atom. The average Bonchev–Trinajstić information content (AvgIpc) is 3.09. The topological polar surface area (TPSA) is 12.5 Å². The Labute approximate surface area is 136 Å². The lowest BCUT2D eigenvalue weighted by molar-refractivity contribution is 0.165. The third-order valence-electron chi connectivity index (χ3n) is 4.49. The van der Waals surface area contributed by atoms with Crippen LogP contribution in [0.5, 0.6) is 0 Å². The van der Waals surface area contributed by atoms with Crippen LogP contribution in [-0.2, 0) is 11.3 Å². The Balaban J connectivity index is 1.78. The van der Waals surface area contributed by atoms with Crippen molar-refractivity contribution in [3.8, 4) is 0 Å². The first kappa shape index (κ1) is 13.9. The molecule has 3 heteroatoms. The molecular weight excluding hydrogens is 294 g/mol. The van der Waals surface area contributed by atoms with Crippen LogP contribution in [0.3, 0.4) is 0 Å². The summed E-state index contributed by atoms with van der Waals surface area (Å²) in [6.45, 7) is 2.65. The number of benzene rings is 2. The Bertz CT molecular complexity index is 702. The molecule has 2 heterocycles. The smallest absolute Gasteiger partial charge is 0.0670 e. The molecule has 2 aromatic carbocycles. The van der Waals surface area contributed by atoms with E-state index in [9.17, 15) is 0 Å². The summed E-state index contributed by atoms with van der Waals surface area (Å²) in [6, 6.07) is 17.2. The molecule has 0 aromatic heterocycles. The summed E-state index contributed by atoms with van der Waals surface area (Å²) in [5.41, 5.74) is 5.17. The molecule has 0 spiro atoms. The van der Waals surface area contributed by atoms with Crippen LogP contribution in [0.1, 0.15) is 23.1 Å². The first-order chi connectivity index (χ1) is 10.8. The van der Waals surface area contributed by atoms with E-state index in [1.54, 1.807) is 0 Å². The molecule has 2 aliphatic heterocycles. The van der Waals surface area contributed by atoms with E-state index in [-0.39, 0.29) is 0 Å². The van der Waals surface area contributed by atoms with Gasteiger partial charge in [0, 0.05) is 29.9 Å². The van der Waals surface area contributed by atoms with E-state index in [1.165, 1.54) is 22.3 Å². The number of hydrogen-bond acceptors (Lipinski definition) is 2. The second kappa shape index (κ2) is 5.79. The number of rotatable bonds is 2. The van der Waals surface area contributed by atoms with Crippen LogP contribution in [0.2, 0.25) is 5.02 Å². The van der Waals surface area contributed by atoms with E-state index in [1.807, 2.05) is 12.1 Å². The van der Waals surface area contributed by atoms with E-state index >= 15 is 0 Å². The van der Waals surface area contributed by atoms with Gasteiger partial charge in [-0.15, -0.1) is 0 Å². The highest BCUT2D eigenvalue weighted by Gasteiger charge is 2.26. The standard InChI is InChI=1S/C19H18ClNO/c20-16-7-5-14(6-8-16)19-12-21(17-9-10-22-13-17)11-15-3-1-2-4-18(15)19/h1-8,12,17H,9-11,13H2. The third-order valence-corrected chi connectivity index (χ3v) is 4.74. The van der Waals surface area contributed by atoms with E-state index < -0.39 is 0 Å². The Morgan fingerprint density at radius 2 is 1.86 bits per heavy atom. The van der Waals surface area contributed by atoms with E-state index in [0.717, 1.165) is 31.2 Å². The predicted molar refractivity (Wildman–Crippen MR) is 89.7 cm³/mol. The van der Waals surface area contributed by atoms with Gasteiger partial charge in [-0.2, -0.15) is 0 Å². The van der Waals surface area contributed by atoms with Gasteiger partial charge in [-0.3, -0.25) is 0 Å². The van der Waals surface area contributed by atoms with Gasteiger partial charge in [0.15, 0.2) is 0 Å². The van der Waals surface area contributed by atoms with Crippen molar-refractivity contribution in [1.29, 1.82) is 0 Å². The predicted octanol–water partition coefficient (Wildman–Crippen LogP) is 4.33. The van der Waals surface area contributed by atoms with Gasteiger partial charge in [-0.1, -0.05) is 48.0 Å². The quantitative estimate of drug-likeness (QED) is 0.818. The summed E-state index contributed by atoms with van der Waals surface area (Å²) in [5.74, 6) is 0. The molecule has 2 aliphatic rings. The Morgan fingerprint density at radius 3 is 2.64 bits per heavy atom. The molecule has 1 saturated heterocycles. The van der Waals surface area contributed by atoms with Crippen LogP contribution in [0.4, 0.5) is 0 Å². The lowest BCUT2D eigenvalue weighted by Gasteiger charge is -2.33. The maximum atomic E-state index is 6.04. The lowest BCUT2D eigenvalue weighted by atomic mass is 9.91. The molecule has 0 radical (unpaired) electrons. The maximum Gasteiger partial charge on any atom is 0.0670 e. The fourth-order valence-electron chi connectivity index (χ4n) is 3.28. The van der Waals surface area contributed by atoms with Gasteiger partial charge < -0.3 is 9.64 Å². The van der Waals surface area contributed by atoms with Crippen molar-refractivity contribution >= 4 is 17.2 Å². The molecule has 0 N–H and O–H groups in total. The molecule has 1 atom stereocenters. The Kier molecular flexibility index (Phi) is 3.65. The van der Waals surface area contributed by atoms with Gasteiger partial charge in [0.05, 0.1) is 12.6 Å². The number of nitrogens with zero attached hydrogens (tertiary/aromatic N) is 1. The first-order valence-electron chi connectivity index (χ1n) is 7.71. The summed E-state index contributed by atoms with van der Waals surface area (Å²) < 4.78 is 5.57. The fraction of sp³-hybridized carbons (Fsp3) is 0.263. The summed E-state index contributed by atoms with van der Waals surface area (Å²) in [7, 11) is 0. The highest BCUT2D eigenvalue weighted by molar-refractivity contribution is 6.30. The molecule has 0 aliphatic carbocycles. The lowest BCUT2D eigenvalue weighted by Crippen LogP contribution is -2.33. The summed E-state index contributed by atoms with van der Waals surface area (Å²) in [6.07, 6.45) is 3.40. The fourth-order valence-corrected chi connectivity index (χ4v) is 3.40. The zero-order valence-electron chi connectivity index (χ0n) is 12.3. The van der Waals surface area contributed by atoms with Gasteiger partial charge in [0.25, 0.3) is 0 Å². The van der Waals surface area contributed by atoms with Crippen LogP contribution in [0.15, 0.2) is 54.7 Å². The van der Waals surface area contributed by atoms with Crippen LogP contribution in [-0.4, -0.2) is 24.2 Å². The van der Waals surface area contributed by atoms with Gasteiger partial charge >= 0.3 is 0 Å². The monoisotopic (exact) mass is 311 g/mol. The van der Waals surface area contributed by atoms with Crippen molar-refractivity contribution in [3.05, 3.63) is 76.4 Å². The van der Waals surface area contributed by atoms with Crippen molar-refractivity contribution in [3.63, 3.8) is 0 Å². The minimum atomic E-state index is 0.482. The van der Waals surface area contributed by atoms with Gasteiger partial charge in [-0.05, 0) is 35.2 Å². The van der Waals surface area contributed by atoms with E-state index in [2.05, 4.69) is 47.5 Å². The second-order valence-electron chi connectivity index (χ2n) is 5.90. The van der Waals surface area contributed by atoms with E-state index in [4.69, 9.17) is 16.3 Å². The van der Waals surface area contributed by atoms with Crippen molar-refractivity contribution in [2.45, 2.75) is 19.0 Å². The number of fused-ring (bicyclic) bond motifs is 1. The molecule has 0 amide bonds. The maximum absolute atomic E-state index is 6.04. The number of halogens is 1. The zero-order chi connectivity index (χ0) is 14.9. The summed E-state index contributed by atoms with van der Waals surface area (Å²) in [5, 5.41) is 0.773. The minimum Gasteiger partial charge on any atom is -0.379 e. The normalized spacial score (nSPS) is 20.7. The van der Waals surface area contributed by atoms with Crippen molar-refractivity contribution in [1.82, 2.24) is 4.90 Å². The average molecular weight is 312 g/mol. The van der Waals surface area contributed by atoms with Crippen LogP contribution in [0.25, 0.3) is 5.57 Å². The van der Waals surface area contributed by atoms with Crippen molar-refractivity contribution in [2.75, 3.05) is 13.2 Å². The largest absolute Gasteiger partial charge is 0.379 e. The number of ether oxygens (including phenoxy) is 1. The molecule has 22 heavy (non-hydrogen) atoms. The summed E-state index contributed by atoms with van der Waals surface area (Å²) >= 11 is 6.04. The highest BCUT2D eigenvalue weighted by atomic mass is 35.5. The second-order valence-corrected chi connectivity index (χ2v) is 6.33. The van der Waals surface area contributed by atoms with Gasteiger partial charge in [0.1, 0.15) is 0 Å². The van der Waals surface area contributed by atoms with Gasteiger partial charge in [0.2, 0.25) is 0 Å². The molecular formula is C19H18ClNO. The molecule has 2 nitrogen and oxygen atoms in total. The third kappa shape index (κ3) is 2.53. The molecule has 1 unspecified atom stereocenters. The van der Waals surface area contributed by atoms with Crippen LogP contribution in [0, 0.1) is 0 Å². The molecule has 0 saturated carbocycles. The Hall–Kier alpha value is -1.77. The molecule has 0 bridgehead atoms. The molecule has 4 rings (SSSR count). The summed E-state index contributed by atoms with van der Waals surface area (Å²) in [4.78, 5) is 2.43. The minimum absolute atomic E-state index is 0.482. The van der Waals surface area contributed by atoms with Gasteiger partial charge in [-0.25, -0.2) is 0 Å². The molecule has 2 aromatic rings. The highest BCUT2D eigenvalue weighted by Crippen LogP contribution is 2.34. The zero-order valence-corrected chi connectivity index (χ0v) is 13.1. The first-order valence-corrected chi connectivity index (χ1v) is 8.08. The molecule has 1 fully saturated rings. The van der Waals surface area contributed by atoms with Crippen LogP contribution >= 0.6 is 11.6 Å². The van der Waals surface area contributed by atoms with E-state index in [0.29, 0.717) is 6.04 Å². The molecule has 112 valence electrons. The van der Waals surface area contributed by atoms with Crippen molar-refractivity contribution in [2.24, 2.45) is 0 Å². The SMILES string of the molecule is Clc1ccc(C2=CN(C3CCOC3)Cc3ccccc32)cc1. The number of hydrogen-bond donors (Lipinski definition) is 0.